The van der Waals surface area contributed by atoms with Crippen LogP contribution in [0.5, 0.6) is 5.75 Å². The smallest absolute Gasteiger partial charge is 0.226 e. The third kappa shape index (κ3) is 4.85. The Morgan fingerprint density at radius 3 is 2.65 bits per heavy atom. The van der Waals surface area contributed by atoms with Crippen LogP contribution in [0, 0.1) is 6.92 Å². The molecule has 1 heterocycles. The highest BCUT2D eigenvalue weighted by Gasteiger charge is 2.21. The lowest BCUT2D eigenvalue weighted by Crippen LogP contribution is -2.44. The van der Waals surface area contributed by atoms with E-state index in [0.717, 1.165) is 37.2 Å². The molecule has 0 unspecified atom stereocenters. The maximum Gasteiger partial charge on any atom is 0.226 e. The summed E-state index contributed by atoms with van der Waals surface area (Å²) in [6.07, 6.45) is 2.50. The molecule has 1 aliphatic heterocycles. The van der Waals surface area contributed by atoms with Crippen molar-refractivity contribution in [3.05, 3.63) is 65.2 Å². The van der Waals surface area contributed by atoms with Crippen molar-refractivity contribution in [2.45, 2.75) is 38.8 Å². The van der Waals surface area contributed by atoms with Crippen LogP contribution in [0.2, 0.25) is 0 Å². The number of hydrogen-bond acceptors (Lipinski definition) is 3. The fourth-order valence-electron chi connectivity index (χ4n) is 3.38. The molecule has 1 fully saturated rings. The van der Waals surface area contributed by atoms with Gasteiger partial charge in [0, 0.05) is 19.1 Å². The summed E-state index contributed by atoms with van der Waals surface area (Å²) in [6, 6.07) is 16.7. The molecule has 2 aromatic carbocycles. The SMILES string of the molecule is CNC1CCN(C(=O)Cc2cccc(OCc3ccccc3C)c2)CC1. The van der Waals surface area contributed by atoms with Gasteiger partial charge in [0.05, 0.1) is 6.42 Å². The second kappa shape index (κ2) is 8.86. The molecule has 0 aromatic heterocycles. The molecule has 0 bridgehead atoms. The van der Waals surface area contributed by atoms with Gasteiger partial charge in [-0.25, -0.2) is 0 Å². The molecule has 0 spiro atoms. The number of hydrogen-bond donors (Lipinski definition) is 1. The van der Waals surface area contributed by atoms with Crippen LogP contribution in [0.1, 0.15) is 29.5 Å². The Morgan fingerprint density at radius 2 is 1.92 bits per heavy atom. The predicted octanol–water partition coefficient (Wildman–Crippen LogP) is 3.33. The van der Waals surface area contributed by atoms with Crippen molar-refractivity contribution in [1.29, 1.82) is 0 Å². The number of amides is 1. The van der Waals surface area contributed by atoms with Gasteiger partial charge in [0.1, 0.15) is 12.4 Å². The lowest BCUT2D eigenvalue weighted by molar-refractivity contribution is -0.131. The molecule has 26 heavy (non-hydrogen) atoms. The number of nitrogens with one attached hydrogen (secondary N) is 1. The topological polar surface area (TPSA) is 41.6 Å². The summed E-state index contributed by atoms with van der Waals surface area (Å²) in [5.41, 5.74) is 3.42. The third-order valence-corrected chi connectivity index (χ3v) is 5.17. The summed E-state index contributed by atoms with van der Waals surface area (Å²) in [4.78, 5) is 14.5. The Bertz CT molecular complexity index is 736. The summed E-state index contributed by atoms with van der Waals surface area (Å²) < 4.78 is 5.94. The van der Waals surface area contributed by atoms with Crippen LogP contribution in [0.25, 0.3) is 0 Å². The van der Waals surface area contributed by atoms with E-state index in [0.29, 0.717) is 19.1 Å². The van der Waals surface area contributed by atoms with E-state index >= 15 is 0 Å². The highest BCUT2D eigenvalue weighted by Crippen LogP contribution is 2.18. The lowest BCUT2D eigenvalue weighted by atomic mass is 10.0. The molecule has 1 N–H and O–H groups in total. The van der Waals surface area contributed by atoms with Crippen molar-refractivity contribution < 1.29 is 9.53 Å². The van der Waals surface area contributed by atoms with Crippen molar-refractivity contribution in [3.8, 4) is 5.75 Å². The van der Waals surface area contributed by atoms with Crippen molar-refractivity contribution in [2.75, 3.05) is 20.1 Å². The largest absolute Gasteiger partial charge is 0.489 e. The van der Waals surface area contributed by atoms with Gasteiger partial charge in [-0.1, -0.05) is 36.4 Å². The highest BCUT2D eigenvalue weighted by molar-refractivity contribution is 5.79. The Labute approximate surface area is 156 Å². The minimum absolute atomic E-state index is 0.204. The molecular formula is C22H28N2O2. The minimum Gasteiger partial charge on any atom is -0.489 e. The van der Waals surface area contributed by atoms with Gasteiger partial charge < -0.3 is 15.0 Å². The minimum atomic E-state index is 0.204. The van der Waals surface area contributed by atoms with Crippen molar-refractivity contribution in [1.82, 2.24) is 10.2 Å². The number of carbonyl (C=O) groups excluding carboxylic acids is 1. The zero-order chi connectivity index (χ0) is 18.4. The third-order valence-electron chi connectivity index (χ3n) is 5.17. The van der Waals surface area contributed by atoms with Gasteiger partial charge in [-0.2, -0.15) is 0 Å². The van der Waals surface area contributed by atoms with E-state index in [-0.39, 0.29) is 5.91 Å². The molecule has 4 heteroatoms. The van der Waals surface area contributed by atoms with Crippen LogP contribution < -0.4 is 10.1 Å². The van der Waals surface area contributed by atoms with Gasteiger partial charge in [-0.3, -0.25) is 4.79 Å². The fourth-order valence-corrected chi connectivity index (χ4v) is 3.38. The number of carbonyl (C=O) groups is 1. The first-order chi connectivity index (χ1) is 12.7. The second-order valence-electron chi connectivity index (χ2n) is 6.98. The molecular weight excluding hydrogens is 324 g/mol. The standard InChI is InChI=1S/C22H28N2O2/c1-17-6-3-4-8-19(17)16-26-21-9-5-7-18(14-21)15-22(25)24-12-10-20(23-2)11-13-24/h3-9,14,20,23H,10-13,15-16H2,1-2H3. The molecule has 138 valence electrons. The molecule has 0 aliphatic carbocycles. The van der Waals surface area contributed by atoms with Gasteiger partial charge in [0.25, 0.3) is 0 Å². The van der Waals surface area contributed by atoms with Crippen LogP contribution in [-0.2, 0) is 17.8 Å². The van der Waals surface area contributed by atoms with Gasteiger partial charge in [0.15, 0.2) is 0 Å². The van der Waals surface area contributed by atoms with Crippen molar-refractivity contribution in [2.24, 2.45) is 0 Å². The Hall–Kier alpha value is -2.33. The molecule has 2 aromatic rings. The summed E-state index contributed by atoms with van der Waals surface area (Å²) in [5, 5.41) is 3.30. The van der Waals surface area contributed by atoms with Gasteiger partial charge >= 0.3 is 0 Å². The number of piperidine rings is 1. The summed E-state index contributed by atoms with van der Waals surface area (Å²) in [6.45, 7) is 4.31. The predicted molar refractivity (Wildman–Crippen MR) is 104 cm³/mol. The summed E-state index contributed by atoms with van der Waals surface area (Å²) in [7, 11) is 1.99. The van der Waals surface area contributed by atoms with Crippen LogP contribution in [0.4, 0.5) is 0 Å². The first-order valence-corrected chi connectivity index (χ1v) is 9.37. The molecule has 0 atom stereocenters. The molecule has 0 radical (unpaired) electrons. The molecule has 1 saturated heterocycles. The second-order valence-corrected chi connectivity index (χ2v) is 6.98. The van der Waals surface area contributed by atoms with Gasteiger partial charge in [-0.15, -0.1) is 0 Å². The quantitative estimate of drug-likeness (QED) is 0.867. The van der Waals surface area contributed by atoms with Crippen LogP contribution >= 0.6 is 0 Å². The summed E-state index contributed by atoms with van der Waals surface area (Å²) >= 11 is 0. The molecule has 1 amide bonds. The highest BCUT2D eigenvalue weighted by atomic mass is 16.5. The van der Waals surface area contributed by atoms with E-state index in [9.17, 15) is 4.79 Å². The maximum atomic E-state index is 12.6. The number of nitrogens with zero attached hydrogens (tertiary/aromatic N) is 1. The zero-order valence-electron chi connectivity index (χ0n) is 15.7. The normalized spacial score (nSPS) is 15.1. The van der Waals surface area contributed by atoms with E-state index in [1.165, 1.54) is 11.1 Å². The zero-order valence-corrected chi connectivity index (χ0v) is 15.7. The number of benzene rings is 2. The van der Waals surface area contributed by atoms with Gasteiger partial charge in [0.2, 0.25) is 5.91 Å². The Kier molecular flexibility index (Phi) is 6.29. The van der Waals surface area contributed by atoms with E-state index in [4.69, 9.17) is 4.74 Å². The molecule has 1 aliphatic rings. The number of ether oxygens (including phenoxy) is 1. The van der Waals surface area contributed by atoms with E-state index in [1.807, 2.05) is 48.3 Å². The van der Waals surface area contributed by atoms with Crippen LogP contribution in [0.3, 0.4) is 0 Å². The fraction of sp³-hybridized carbons (Fsp3) is 0.409. The van der Waals surface area contributed by atoms with Crippen LogP contribution in [-0.4, -0.2) is 37.0 Å². The van der Waals surface area contributed by atoms with E-state index in [1.54, 1.807) is 0 Å². The molecule has 3 rings (SSSR count). The summed E-state index contributed by atoms with van der Waals surface area (Å²) in [5.74, 6) is 1.02. The van der Waals surface area contributed by atoms with Gasteiger partial charge in [-0.05, 0) is 55.6 Å². The molecule has 4 nitrogen and oxygen atoms in total. The monoisotopic (exact) mass is 352 g/mol. The average molecular weight is 352 g/mol. The number of rotatable bonds is 6. The Morgan fingerprint density at radius 1 is 1.15 bits per heavy atom. The van der Waals surface area contributed by atoms with E-state index < -0.39 is 0 Å². The maximum absolute atomic E-state index is 12.6. The van der Waals surface area contributed by atoms with Crippen molar-refractivity contribution in [3.63, 3.8) is 0 Å². The number of likely N-dealkylation sites (tertiary alicyclic amines) is 1. The Balaban J connectivity index is 1.55. The van der Waals surface area contributed by atoms with E-state index in [2.05, 4.69) is 24.4 Å². The average Bonchev–Trinajstić information content (AvgIpc) is 2.68. The first-order valence-electron chi connectivity index (χ1n) is 9.37. The van der Waals surface area contributed by atoms with Crippen molar-refractivity contribution >= 4 is 5.91 Å². The molecule has 0 saturated carbocycles. The number of aryl methyl sites for hydroxylation is 1. The lowest BCUT2D eigenvalue weighted by Gasteiger charge is -2.32. The van der Waals surface area contributed by atoms with Crippen LogP contribution in [0.15, 0.2) is 48.5 Å². The first kappa shape index (κ1) is 18.5.